The van der Waals surface area contributed by atoms with E-state index in [1.54, 1.807) is 25.3 Å². The molecule has 2 N–H and O–H groups in total. The highest BCUT2D eigenvalue weighted by Gasteiger charge is 2.17. The Balaban J connectivity index is 2.10. The van der Waals surface area contributed by atoms with E-state index in [0.29, 0.717) is 18.0 Å². The van der Waals surface area contributed by atoms with E-state index >= 15 is 0 Å². The van der Waals surface area contributed by atoms with Gasteiger partial charge in [0.15, 0.2) is 0 Å². The van der Waals surface area contributed by atoms with E-state index in [9.17, 15) is 4.79 Å². The molecular formula is C13H17NO4. The highest BCUT2D eigenvalue weighted by atomic mass is 16.5. The van der Waals surface area contributed by atoms with E-state index in [1.165, 1.54) is 0 Å². The van der Waals surface area contributed by atoms with Gasteiger partial charge in [0.25, 0.3) is 0 Å². The first-order valence-electron chi connectivity index (χ1n) is 5.97. The van der Waals surface area contributed by atoms with Gasteiger partial charge in [-0.25, -0.2) is 4.79 Å². The Morgan fingerprint density at radius 1 is 1.61 bits per heavy atom. The maximum absolute atomic E-state index is 11.1. The molecule has 1 aromatic rings. The number of nitrogens with one attached hydrogen (secondary N) is 1. The zero-order valence-electron chi connectivity index (χ0n) is 10.3. The first kappa shape index (κ1) is 12.7. The van der Waals surface area contributed by atoms with Crippen molar-refractivity contribution in [2.45, 2.75) is 18.9 Å². The van der Waals surface area contributed by atoms with Gasteiger partial charge >= 0.3 is 5.97 Å². The van der Waals surface area contributed by atoms with Gasteiger partial charge in [-0.15, -0.1) is 0 Å². The van der Waals surface area contributed by atoms with Gasteiger partial charge < -0.3 is 19.9 Å². The van der Waals surface area contributed by atoms with E-state index < -0.39 is 5.97 Å². The molecule has 98 valence electrons. The Labute approximate surface area is 106 Å². The van der Waals surface area contributed by atoms with Crippen LogP contribution in [0.1, 0.15) is 23.2 Å². The van der Waals surface area contributed by atoms with Crippen LogP contribution in [0.4, 0.5) is 5.69 Å². The summed E-state index contributed by atoms with van der Waals surface area (Å²) in [6.07, 6.45) is 2.24. The van der Waals surface area contributed by atoms with Crippen molar-refractivity contribution in [1.29, 1.82) is 0 Å². The number of ether oxygens (including phenoxy) is 2. The topological polar surface area (TPSA) is 67.8 Å². The largest absolute Gasteiger partial charge is 0.497 e. The third-order valence-corrected chi connectivity index (χ3v) is 3.00. The molecule has 0 aromatic heterocycles. The summed E-state index contributed by atoms with van der Waals surface area (Å²) in [6, 6.07) is 4.87. The fourth-order valence-corrected chi connectivity index (χ4v) is 2.01. The lowest BCUT2D eigenvalue weighted by molar-refractivity contribution is 0.0697. The van der Waals surface area contributed by atoms with Crippen LogP contribution in [0.25, 0.3) is 0 Å². The molecule has 1 unspecified atom stereocenters. The summed E-state index contributed by atoms with van der Waals surface area (Å²) in [5.74, 6) is -0.317. The standard InChI is InChI=1S/C13H17NO4/c1-17-9-4-5-11(13(15)16)12(7-9)14-8-10-3-2-6-18-10/h4-5,7,10,14H,2-3,6,8H2,1H3,(H,15,16). The van der Waals surface area contributed by atoms with Crippen LogP contribution in [0.3, 0.4) is 0 Å². The molecule has 1 aromatic carbocycles. The lowest BCUT2D eigenvalue weighted by atomic mass is 10.1. The molecule has 0 aliphatic carbocycles. The highest BCUT2D eigenvalue weighted by molar-refractivity contribution is 5.94. The molecule has 5 nitrogen and oxygen atoms in total. The van der Waals surface area contributed by atoms with Gasteiger partial charge in [0.05, 0.1) is 24.5 Å². The Morgan fingerprint density at radius 2 is 2.44 bits per heavy atom. The van der Waals surface area contributed by atoms with E-state index in [2.05, 4.69) is 5.32 Å². The molecule has 1 aliphatic rings. The van der Waals surface area contributed by atoms with Crippen LogP contribution in [-0.2, 0) is 4.74 Å². The zero-order chi connectivity index (χ0) is 13.0. The SMILES string of the molecule is COc1ccc(C(=O)O)c(NCC2CCCO2)c1. The van der Waals surface area contributed by atoms with Crippen molar-refractivity contribution in [3.63, 3.8) is 0 Å². The normalized spacial score (nSPS) is 18.6. The fraction of sp³-hybridized carbons (Fsp3) is 0.462. The Morgan fingerprint density at radius 3 is 3.06 bits per heavy atom. The molecule has 1 atom stereocenters. The third kappa shape index (κ3) is 2.92. The summed E-state index contributed by atoms with van der Waals surface area (Å²) in [5.41, 5.74) is 0.811. The summed E-state index contributed by atoms with van der Waals surface area (Å²) in [7, 11) is 1.56. The molecule has 18 heavy (non-hydrogen) atoms. The van der Waals surface area contributed by atoms with Gasteiger partial charge in [0, 0.05) is 19.2 Å². The van der Waals surface area contributed by atoms with Gasteiger partial charge in [0.1, 0.15) is 5.75 Å². The van der Waals surface area contributed by atoms with Crippen LogP contribution in [0.5, 0.6) is 5.75 Å². The van der Waals surface area contributed by atoms with E-state index in [4.69, 9.17) is 14.6 Å². The van der Waals surface area contributed by atoms with Gasteiger partial charge in [-0.1, -0.05) is 0 Å². The van der Waals surface area contributed by atoms with Crippen LogP contribution in [0, 0.1) is 0 Å². The van der Waals surface area contributed by atoms with E-state index in [-0.39, 0.29) is 11.7 Å². The molecule has 1 aliphatic heterocycles. The highest BCUT2D eigenvalue weighted by Crippen LogP contribution is 2.23. The van der Waals surface area contributed by atoms with Crippen molar-refractivity contribution in [2.75, 3.05) is 25.6 Å². The molecule has 1 fully saturated rings. The average Bonchev–Trinajstić information content (AvgIpc) is 2.88. The first-order chi connectivity index (χ1) is 8.70. The monoisotopic (exact) mass is 251 g/mol. The molecule has 0 spiro atoms. The van der Waals surface area contributed by atoms with Gasteiger partial charge in [-0.05, 0) is 25.0 Å². The number of rotatable bonds is 5. The predicted molar refractivity (Wildman–Crippen MR) is 67.4 cm³/mol. The molecule has 0 amide bonds. The second-order valence-corrected chi connectivity index (χ2v) is 4.23. The summed E-state index contributed by atoms with van der Waals surface area (Å²) in [4.78, 5) is 11.1. The van der Waals surface area contributed by atoms with Crippen LogP contribution in [-0.4, -0.2) is 37.4 Å². The summed E-state index contributed by atoms with van der Waals surface area (Å²) in [5, 5.41) is 12.2. The lowest BCUT2D eigenvalue weighted by Gasteiger charge is -2.14. The van der Waals surface area contributed by atoms with Crippen molar-refractivity contribution in [3.8, 4) is 5.75 Å². The Kier molecular flexibility index (Phi) is 4.04. The van der Waals surface area contributed by atoms with E-state index in [0.717, 1.165) is 19.4 Å². The number of carboxylic acids is 1. The molecule has 5 heteroatoms. The van der Waals surface area contributed by atoms with Crippen molar-refractivity contribution in [1.82, 2.24) is 0 Å². The van der Waals surface area contributed by atoms with Crippen molar-refractivity contribution >= 4 is 11.7 Å². The number of hydrogen-bond acceptors (Lipinski definition) is 4. The molecule has 0 saturated carbocycles. The zero-order valence-corrected chi connectivity index (χ0v) is 10.3. The second kappa shape index (κ2) is 5.73. The first-order valence-corrected chi connectivity index (χ1v) is 5.97. The molecule has 0 radical (unpaired) electrons. The maximum Gasteiger partial charge on any atom is 0.337 e. The van der Waals surface area contributed by atoms with E-state index in [1.807, 2.05) is 0 Å². The molecular weight excluding hydrogens is 234 g/mol. The van der Waals surface area contributed by atoms with Crippen LogP contribution in [0.2, 0.25) is 0 Å². The van der Waals surface area contributed by atoms with Gasteiger partial charge in [-0.2, -0.15) is 0 Å². The van der Waals surface area contributed by atoms with Crippen molar-refractivity contribution in [2.24, 2.45) is 0 Å². The minimum absolute atomic E-state index is 0.165. The predicted octanol–water partition coefficient (Wildman–Crippen LogP) is 1.98. The number of anilines is 1. The Bertz CT molecular complexity index is 427. The smallest absolute Gasteiger partial charge is 0.337 e. The average molecular weight is 251 g/mol. The number of aromatic carboxylic acids is 1. The molecule has 1 saturated heterocycles. The van der Waals surface area contributed by atoms with Crippen LogP contribution < -0.4 is 10.1 Å². The summed E-state index contributed by atoms with van der Waals surface area (Å²) >= 11 is 0. The second-order valence-electron chi connectivity index (χ2n) is 4.23. The molecule has 0 bridgehead atoms. The number of carbonyl (C=O) groups is 1. The number of carboxylic acid groups (broad SMARTS) is 1. The minimum atomic E-state index is -0.951. The van der Waals surface area contributed by atoms with Gasteiger partial charge in [0.2, 0.25) is 0 Å². The quantitative estimate of drug-likeness (QED) is 0.837. The lowest BCUT2D eigenvalue weighted by Crippen LogP contribution is -2.19. The third-order valence-electron chi connectivity index (χ3n) is 3.00. The number of benzene rings is 1. The Hall–Kier alpha value is -1.75. The number of hydrogen-bond donors (Lipinski definition) is 2. The van der Waals surface area contributed by atoms with Crippen molar-refractivity contribution in [3.05, 3.63) is 23.8 Å². The maximum atomic E-state index is 11.1. The summed E-state index contributed by atoms with van der Waals surface area (Å²) < 4.78 is 10.6. The fourth-order valence-electron chi connectivity index (χ4n) is 2.01. The van der Waals surface area contributed by atoms with Gasteiger partial charge in [-0.3, -0.25) is 0 Å². The van der Waals surface area contributed by atoms with Crippen LogP contribution in [0.15, 0.2) is 18.2 Å². The minimum Gasteiger partial charge on any atom is -0.497 e. The summed E-state index contributed by atoms with van der Waals surface area (Å²) in [6.45, 7) is 1.41. The molecule has 1 heterocycles. The van der Waals surface area contributed by atoms with Crippen molar-refractivity contribution < 1.29 is 19.4 Å². The van der Waals surface area contributed by atoms with Crippen LogP contribution >= 0.6 is 0 Å². The molecule has 2 rings (SSSR count). The number of methoxy groups -OCH3 is 1.